The molecule has 1 heterocycles. The van der Waals surface area contributed by atoms with E-state index in [9.17, 15) is 13.2 Å². The van der Waals surface area contributed by atoms with E-state index >= 15 is 0 Å². The predicted octanol–water partition coefficient (Wildman–Crippen LogP) is 1.19. The van der Waals surface area contributed by atoms with Gasteiger partial charge in [-0.2, -0.15) is 0 Å². The van der Waals surface area contributed by atoms with Crippen molar-refractivity contribution in [3.05, 3.63) is 18.3 Å². The second-order valence-corrected chi connectivity index (χ2v) is 7.84. The van der Waals surface area contributed by atoms with Gasteiger partial charge >= 0.3 is 0 Å². The molecule has 0 aliphatic rings. The number of hydrogen-bond donors (Lipinski definition) is 2. The van der Waals surface area contributed by atoms with Gasteiger partial charge in [-0.05, 0) is 17.5 Å². The molecule has 112 valence electrons. The molecule has 0 fully saturated rings. The highest BCUT2D eigenvalue weighted by molar-refractivity contribution is 7.90. The number of anilines is 1. The second kappa shape index (κ2) is 5.88. The van der Waals surface area contributed by atoms with Gasteiger partial charge in [0.2, 0.25) is 5.91 Å². The van der Waals surface area contributed by atoms with Gasteiger partial charge in [0.1, 0.15) is 0 Å². The van der Waals surface area contributed by atoms with Gasteiger partial charge in [0.05, 0.1) is 11.9 Å². The Labute approximate surface area is 119 Å². The van der Waals surface area contributed by atoms with Crippen molar-refractivity contribution in [3.63, 3.8) is 0 Å². The van der Waals surface area contributed by atoms with E-state index in [4.69, 9.17) is 5.73 Å². The highest BCUT2D eigenvalue weighted by Gasteiger charge is 2.23. The normalized spacial score (nSPS) is 13.8. The number of carbonyl (C=O) groups is 1. The molecule has 1 aromatic heterocycles. The van der Waals surface area contributed by atoms with Gasteiger partial charge in [-0.25, -0.2) is 13.4 Å². The van der Waals surface area contributed by atoms with Crippen LogP contribution < -0.4 is 11.1 Å². The maximum absolute atomic E-state index is 11.8. The standard InChI is InChI=1S/C13H21N3O3S/c1-13(2,3)10(14)7-11(17)16-9-5-6-12(15-8-9)20(4,18)19/h5-6,8,10H,7,14H2,1-4H3,(H,16,17). The Kier molecular flexibility index (Phi) is 4.88. The van der Waals surface area contributed by atoms with E-state index in [1.54, 1.807) is 0 Å². The highest BCUT2D eigenvalue weighted by Crippen LogP contribution is 2.20. The zero-order chi connectivity index (χ0) is 15.6. The lowest BCUT2D eigenvalue weighted by Crippen LogP contribution is -2.38. The minimum atomic E-state index is -3.33. The van der Waals surface area contributed by atoms with Gasteiger partial charge in [-0.1, -0.05) is 20.8 Å². The van der Waals surface area contributed by atoms with Crippen molar-refractivity contribution in [1.82, 2.24) is 4.98 Å². The van der Waals surface area contributed by atoms with Crippen molar-refractivity contribution in [2.24, 2.45) is 11.1 Å². The van der Waals surface area contributed by atoms with Crippen molar-refractivity contribution in [2.75, 3.05) is 11.6 Å². The Morgan fingerprint density at radius 1 is 1.40 bits per heavy atom. The van der Waals surface area contributed by atoms with Crippen LogP contribution in [0.3, 0.4) is 0 Å². The summed E-state index contributed by atoms with van der Waals surface area (Å²) in [5.41, 5.74) is 6.22. The third-order valence-corrected chi connectivity index (χ3v) is 3.92. The van der Waals surface area contributed by atoms with E-state index in [0.717, 1.165) is 6.26 Å². The van der Waals surface area contributed by atoms with Gasteiger partial charge in [0, 0.05) is 18.7 Å². The monoisotopic (exact) mass is 299 g/mol. The molecule has 0 bridgehead atoms. The molecule has 1 atom stereocenters. The number of sulfone groups is 1. The summed E-state index contributed by atoms with van der Waals surface area (Å²) in [6.07, 6.45) is 2.59. The van der Waals surface area contributed by atoms with Crippen LogP contribution in [0.15, 0.2) is 23.4 Å². The summed E-state index contributed by atoms with van der Waals surface area (Å²) in [4.78, 5) is 15.6. The summed E-state index contributed by atoms with van der Waals surface area (Å²) >= 11 is 0. The van der Waals surface area contributed by atoms with Crippen LogP contribution in [0.2, 0.25) is 0 Å². The quantitative estimate of drug-likeness (QED) is 0.869. The lowest BCUT2D eigenvalue weighted by atomic mass is 9.85. The number of rotatable bonds is 4. The number of nitrogens with one attached hydrogen (secondary N) is 1. The lowest BCUT2D eigenvalue weighted by molar-refractivity contribution is -0.117. The molecular weight excluding hydrogens is 278 g/mol. The number of hydrogen-bond acceptors (Lipinski definition) is 5. The molecule has 0 saturated carbocycles. The Hall–Kier alpha value is -1.47. The van der Waals surface area contributed by atoms with Crippen molar-refractivity contribution in [2.45, 2.75) is 38.3 Å². The molecule has 0 saturated heterocycles. The number of amides is 1. The van der Waals surface area contributed by atoms with E-state index in [2.05, 4.69) is 10.3 Å². The average molecular weight is 299 g/mol. The minimum Gasteiger partial charge on any atom is -0.327 e. The van der Waals surface area contributed by atoms with Crippen LogP contribution >= 0.6 is 0 Å². The summed E-state index contributed by atoms with van der Waals surface area (Å²) < 4.78 is 22.5. The third kappa shape index (κ3) is 4.90. The molecule has 0 aromatic carbocycles. The van der Waals surface area contributed by atoms with E-state index in [1.165, 1.54) is 18.3 Å². The molecule has 20 heavy (non-hydrogen) atoms. The summed E-state index contributed by atoms with van der Waals surface area (Å²) in [7, 11) is -3.33. The summed E-state index contributed by atoms with van der Waals surface area (Å²) in [5.74, 6) is -0.221. The van der Waals surface area contributed by atoms with E-state index in [1.807, 2.05) is 20.8 Å². The average Bonchev–Trinajstić information content (AvgIpc) is 2.26. The van der Waals surface area contributed by atoms with E-state index in [0.29, 0.717) is 5.69 Å². The molecule has 3 N–H and O–H groups in total. The predicted molar refractivity (Wildman–Crippen MR) is 78.0 cm³/mol. The number of aromatic nitrogens is 1. The Bertz CT molecular complexity index is 574. The molecule has 0 spiro atoms. The van der Waals surface area contributed by atoms with Crippen LogP contribution in [0.5, 0.6) is 0 Å². The van der Waals surface area contributed by atoms with Crippen LogP contribution in [0.25, 0.3) is 0 Å². The number of nitrogens with two attached hydrogens (primary N) is 1. The van der Waals surface area contributed by atoms with Crippen LogP contribution in [0.1, 0.15) is 27.2 Å². The number of carbonyl (C=O) groups excluding carboxylic acids is 1. The van der Waals surface area contributed by atoms with Crippen LogP contribution in [-0.2, 0) is 14.6 Å². The van der Waals surface area contributed by atoms with Gasteiger partial charge in [0.25, 0.3) is 0 Å². The zero-order valence-electron chi connectivity index (χ0n) is 12.2. The molecule has 1 unspecified atom stereocenters. The van der Waals surface area contributed by atoms with Gasteiger partial charge in [-0.3, -0.25) is 4.79 Å². The Balaban J connectivity index is 2.68. The number of pyridine rings is 1. The van der Waals surface area contributed by atoms with Gasteiger partial charge < -0.3 is 11.1 Å². The zero-order valence-corrected chi connectivity index (χ0v) is 13.0. The first-order valence-electron chi connectivity index (χ1n) is 6.21. The van der Waals surface area contributed by atoms with Gasteiger partial charge in [0.15, 0.2) is 14.9 Å². The summed E-state index contributed by atoms with van der Waals surface area (Å²) in [6.45, 7) is 5.90. The number of nitrogens with zero attached hydrogens (tertiary/aromatic N) is 1. The summed E-state index contributed by atoms with van der Waals surface area (Å²) in [5, 5.41) is 2.62. The van der Waals surface area contributed by atoms with Gasteiger partial charge in [-0.15, -0.1) is 0 Å². The first kappa shape index (κ1) is 16.6. The molecule has 6 nitrogen and oxygen atoms in total. The largest absolute Gasteiger partial charge is 0.327 e. The van der Waals surface area contributed by atoms with Crippen molar-refractivity contribution in [1.29, 1.82) is 0 Å². The fourth-order valence-electron chi connectivity index (χ4n) is 1.39. The second-order valence-electron chi connectivity index (χ2n) is 5.88. The maximum atomic E-state index is 11.8. The Morgan fingerprint density at radius 3 is 2.40 bits per heavy atom. The molecule has 7 heteroatoms. The smallest absolute Gasteiger partial charge is 0.225 e. The molecule has 0 radical (unpaired) electrons. The summed E-state index contributed by atoms with van der Waals surface area (Å²) in [6, 6.07) is 2.60. The Morgan fingerprint density at radius 2 is 2.00 bits per heavy atom. The van der Waals surface area contributed by atoms with Crippen LogP contribution in [-0.4, -0.2) is 31.6 Å². The fourth-order valence-corrected chi connectivity index (χ4v) is 1.95. The molecule has 0 aliphatic heterocycles. The van der Waals surface area contributed by atoms with Crippen molar-refractivity contribution in [3.8, 4) is 0 Å². The third-order valence-electron chi connectivity index (χ3n) is 2.92. The van der Waals surface area contributed by atoms with E-state index in [-0.39, 0.29) is 28.8 Å². The molecule has 1 rings (SSSR count). The fraction of sp³-hybridized carbons (Fsp3) is 0.538. The first-order chi connectivity index (χ1) is 9.00. The van der Waals surface area contributed by atoms with Crippen LogP contribution in [0.4, 0.5) is 5.69 Å². The maximum Gasteiger partial charge on any atom is 0.225 e. The first-order valence-corrected chi connectivity index (χ1v) is 8.11. The molecule has 1 aromatic rings. The van der Waals surface area contributed by atoms with Crippen molar-refractivity contribution >= 4 is 21.4 Å². The molecule has 1 amide bonds. The van der Waals surface area contributed by atoms with Crippen molar-refractivity contribution < 1.29 is 13.2 Å². The minimum absolute atomic E-state index is 0.0260. The SMILES string of the molecule is CC(C)(C)C(N)CC(=O)Nc1ccc(S(C)(=O)=O)nc1. The van der Waals surface area contributed by atoms with Crippen LogP contribution in [0, 0.1) is 5.41 Å². The topological polar surface area (TPSA) is 102 Å². The lowest BCUT2D eigenvalue weighted by Gasteiger charge is -2.26. The highest BCUT2D eigenvalue weighted by atomic mass is 32.2. The van der Waals surface area contributed by atoms with E-state index < -0.39 is 9.84 Å². The molecule has 0 aliphatic carbocycles. The molecular formula is C13H21N3O3S.